The van der Waals surface area contributed by atoms with Crippen molar-refractivity contribution in [1.82, 2.24) is 4.90 Å². The topological polar surface area (TPSA) is 30.9 Å². The Labute approximate surface area is 132 Å². The van der Waals surface area contributed by atoms with E-state index in [0.29, 0.717) is 5.75 Å². The Morgan fingerprint density at radius 1 is 0.909 bits per heavy atom. The normalized spacial score (nSPS) is 24.1. The zero-order chi connectivity index (χ0) is 15.5. The molecule has 120 valence electrons. The van der Waals surface area contributed by atoms with Crippen LogP contribution in [0.5, 0.6) is 17.2 Å². The Balaban J connectivity index is 1.75. The fourth-order valence-electron chi connectivity index (χ4n) is 3.73. The number of rotatable bonds is 5. The highest BCUT2D eigenvalue weighted by atomic mass is 16.5. The van der Waals surface area contributed by atoms with E-state index < -0.39 is 0 Å². The van der Waals surface area contributed by atoms with E-state index >= 15 is 0 Å². The average molecular weight is 303 g/mol. The van der Waals surface area contributed by atoms with Gasteiger partial charge in [-0.3, -0.25) is 4.90 Å². The molecule has 0 radical (unpaired) electrons. The van der Waals surface area contributed by atoms with Gasteiger partial charge < -0.3 is 14.2 Å². The summed E-state index contributed by atoms with van der Waals surface area (Å²) in [6, 6.07) is 4.11. The monoisotopic (exact) mass is 303 g/mol. The maximum atomic E-state index is 5.44. The summed E-state index contributed by atoms with van der Waals surface area (Å²) >= 11 is 0. The molecule has 0 aromatic heterocycles. The van der Waals surface area contributed by atoms with Gasteiger partial charge >= 0.3 is 0 Å². The lowest BCUT2D eigenvalue weighted by Crippen LogP contribution is -2.20. The predicted octanol–water partition coefficient (Wildman–Crippen LogP) is 3.11. The van der Waals surface area contributed by atoms with Crippen LogP contribution in [0.2, 0.25) is 0 Å². The number of methoxy groups -OCH3 is 3. The summed E-state index contributed by atoms with van der Waals surface area (Å²) in [4.78, 5) is 2.54. The molecule has 0 amide bonds. The summed E-state index contributed by atoms with van der Waals surface area (Å²) < 4.78 is 16.3. The van der Waals surface area contributed by atoms with Crippen LogP contribution in [-0.4, -0.2) is 39.3 Å². The fourth-order valence-corrected chi connectivity index (χ4v) is 3.73. The summed E-state index contributed by atoms with van der Waals surface area (Å²) in [5.74, 6) is 3.78. The van der Waals surface area contributed by atoms with Crippen molar-refractivity contribution >= 4 is 0 Å². The summed E-state index contributed by atoms with van der Waals surface area (Å²) in [5, 5.41) is 0. The molecule has 1 heterocycles. The van der Waals surface area contributed by atoms with Gasteiger partial charge in [-0.15, -0.1) is 0 Å². The second-order valence-electron chi connectivity index (χ2n) is 6.19. The predicted molar refractivity (Wildman–Crippen MR) is 86.7 cm³/mol. The highest BCUT2D eigenvalue weighted by molar-refractivity contribution is 5.53. The van der Waals surface area contributed by atoms with Gasteiger partial charge in [-0.05, 0) is 42.4 Å². The third-order valence-corrected chi connectivity index (χ3v) is 4.83. The quantitative estimate of drug-likeness (QED) is 0.782. The standard InChI is InChI=1S/C18H25NO3/c1-20-16-8-13(9-17(21-2)18(16)22-3)10-19-11-14-6-4-5-7-15(14)12-19/h4-5,8-9,14-15H,6-7,10-12H2,1-3H3/t14-,15-/m1/s1. The molecule has 0 unspecified atom stereocenters. The molecule has 2 aliphatic rings. The van der Waals surface area contributed by atoms with E-state index in [0.717, 1.165) is 29.9 Å². The Bertz CT molecular complexity index is 514. The van der Waals surface area contributed by atoms with Crippen molar-refractivity contribution in [3.63, 3.8) is 0 Å². The summed E-state index contributed by atoms with van der Waals surface area (Å²) in [5.41, 5.74) is 1.21. The summed E-state index contributed by atoms with van der Waals surface area (Å²) in [6.07, 6.45) is 7.14. The van der Waals surface area contributed by atoms with E-state index in [1.54, 1.807) is 21.3 Å². The average Bonchev–Trinajstić information content (AvgIpc) is 2.95. The number of ether oxygens (including phenoxy) is 3. The minimum atomic E-state index is 0.660. The van der Waals surface area contributed by atoms with Gasteiger partial charge in [0, 0.05) is 19.6 Å². The van der Waals surface area contributed by atoms with Crippen LogP contribution in [0.15, 0.2) is 24.3 Å². The highest BCUT2D eigenvalue weighted by Gasteiger charge is 2.32. The molecule has 1 saturated heterocycles. The molecule has 1 aliphatic heterocycles. The van der Waals surface area contributed by atoms with Crippen molar-refractivity contribution < 1.29 is 14.2 Å². The Kier molecular flexibility index (Phi) is 4.57. The van der Waals surface area contributed by atoms with E-state index in [1.807, 2.05) is 0 Å². The molecule has 0 saturated carbocycles. The number of hydrogen-bond acceptors (Lipinski definition) is 4. The van der Waals surface area contributed by atoms with Crippen molar-refractivity contribution in [2.45, 2.75) is 19.4 Å². The Morgan fingerprint density at radius 2 is 1.45 bits per heavy atom. The third kappa shape index (κ3) is 2.93. The lowest BCUT2D eigenvalue weighted by atomic mass is 9.86. The molecule has 0 bridgehead atoms. The smallest absolute Gasteiger partial charge is 0.203 e. The first-order valence-electron chi connectivity index (χ1n) is 7.91. The van der Waals surface area contributed by atoms with Crippen molar-refractivity contribution in [3.8, 4) is 17.2 Å². The van der Waals surface area contributed by atoms with E-state index in [1.165, 1.54) is 31.5 Å². The number of benzene rings is 1. The first kappa shape index (κ1) is 15.2. The summed E-state index contributed by atoms with van der Waals surface area (Å²) in [7, 11) is 4.96. The van der Waals surface area contributed by atoms with E-state index in [4.69, 9.17) is 14.2 Å². The zero-order valence-electron chi connectivity index (χ0n) is 13.7. The lowest BCUT2D eigenvalue weighted by Gasteiger charge is -2.18. The first-order valence-corrected chi connectivity index (χ1v) is 7.91. The minimum absolute atomic E-state index is 0.660. The molecule has 1 aromatic rings. The molecule has 3 rings (SSSR count). The van der Waals surface area contributed by atoms with Crippen LogP contribution in [0.25, 0.3) is 0 Å². The SMILES string of the molecule is COc1cc(CN2C[C@H]3CC=CC[C@@H]3C2)cc(OC)c1OC. The van der Waals surface area contributed by atoms with Gasteiger partial charge in [0.15, 0.2) is 11.5 Å². The van der Waals surface area contributed by atoms with Crippen molar-refractivity contribution in [2.24, 2.45) is 11.8 Å². The van der Waals surface area contributed by atoms with Gasteiger partial charge in [-0.2, -0.15) is 0 Å². The fraction of sp³-hybridized carbons (Fsp3) is 0.556. The third-order valence-electron chi connectivity index (χ3n) is 4.83. The molecule has 2 atom stereocenters. The maximum absolute atomic E-state index is 5.44. The van der Waals surface area contributed by atoms with Crippen LogP contribution in [-0.2, 0) is 6.54 Å². The van der Waals surface area contributed by atoms with Crippen LogP contribution in [0.3, 0.4) is 0 Å². The minimum Gasteiger partial charge on any atom is -0.493 e. The second kappa shape index (κ2) is 6.61. The number of allylic oxidation sites excluding steroid dienone is 2. The van der Waals surface area contributed by atoms with Gasteiger partial charge in [-0.25, -0.2) is 0 Å². The number of nitrogens with zero attached hydrogens (tertiary/aromatic N) is 1. The lowest BCUT2D eigenvalue weighted by molar-refractivity contribution is 0.305. The van der Waals surface area contributed by atoms with Crippen LogP contribution >= 0.6 is 0 Å². The highest BCUT2D eigenvalue weighted by Crippen LogP contribution is 2.39. The Hall–Kier alpha value is -1.68. The first-order chi connectivity index (χ1) is 10.7. The zero-order valence-corrected chi connectivity index (χ0v) is 13.7. The molecule has 0 N–H and O–H groups in total. The molecule has 0 spiro atoms. The molecule has 1 aliphatic carbocycles. The summed E-state index contributed by atoms with van der Waals surface area (Å²) in [6.45, 7) is 3.31. The van der Waals surface area contributed by atoms with Gasteiger partial charge in [0.2, 0.25) is 5.75 Å². The molecule has 4 nitrogen and oxygen atoms in total. The van der Waals surface area contributed by atoms with Gasteiger partial charge in [0.25, 0.3) is 0 Å². The van der Waals surface area contributed by atoms with Crippen LogP contribution in [0, 0.1) is 11.8 Å². The second-order valence-corrected chi connectivity index (χ2v) is 6.19. The number of fused-ring (bicyclic) bond motifs is 1. The van der Waals surface area contributed by atoms with E-state index in [-0.39, 0.29) is 0 Å². The van der Waals surface area contributed by atoms with Crippen LogP contribution in [0.1, 0.15) is 18.4 Å². The van der Waals surface area contributed by atoms with Gasteiger partial charge in [0.1, 0.15) is 0 Å². The molecular formula is C18H25NO3. The maximum Gasteiger partial charge on any atom is 0.203 e. The molecule has 4 heteroatoms. The van der Waals surface area contributed by atoms with Crippen molar-refractivity contribution in [1.29, 1.82) is 0 Å². The molecular weight excluding hydrogens is 278 g/mol. The van der Waals surface area contributed by atoms with Crippen molar-refractivity contribution in [3.05, 3.63) is 29.8 Å². The molecule has 22 heavy (non-hydrogen) atoms. The number of likely N-dealkylation sites (tertiary alicyclic amines) is 1. The van der Waals surface area contributed by atoms with Crippen molar-refractivity contribution in [2.75, 3.05) is 34.4 Å². The Morgan fingerprint density at radius 3 is 1.91 bits per heavy atom. The molecule has 1 fully saturated rings. The van der Waals surface area contributed by atoms with Crippen LogP contribution in [0.4, 0.5) is 0 Å². The van der Waals surface area contributed by atoms with E-state index in [9.17, 15) is 0 Å². The largest absolute Gasteiger partial charge is 0.493 e. The van der Waals surface area contributed by atoms with E-state index in [2.05, 4.69) is 29.2 Å². The molecule has 1 aromatic carbocycles. The van der Waals surface area contributed by atoms with Gasteiger partial charge in [-0.1, -0.05) is 12.2 Å². The van der Waals surface area contributed by atoms with Gasteiger partial charge in [0.05, 0.1) is 21.3 Å². The van der Waals surface area contributed by atoms with Crippen LogP contribution < -0.4 is 14.2 Å². The number of hydrogen-bond donors (Lipinski definition) is 0.